The van der Waals surface area contributed by atoms with Crippen LogP contribution < -0.4 is 8.85 Å². The average molecular weight is 315 g/mol. The Hall–Kier alpha value is -0.826. The summed E-state index contributed by atoms with van der Waals surface area (Å²) in [5, 5.41) is 0. The summed E-state index contributed by atoms with van der Waals surface area (Å²) in [6, 6.07) is 7.66. The second-order valence-electron chi connectivity index (χ2n) is 5.34. The third-order valence-electron chi connectivity index (χ3n) is 2.53. The van der Waals surface area contributed by atoms with Crippen molar-refractivity contribution >= 4 is 17.1 Å². The van der Waals surface area contributed by atoms with E-state index >= 15 is 0 Å². The maximum absolute atomic E-state index is 5.92. The lowest BCUT2D eigenvalue weighted by Crippen LogP contribution is -2.38. The first-order valence-electron chi connectivity index (χ1n) is 7.04. The first-order chi connectivity index (χ1) is 9.28. The van der Waals surface area contributed by atoms with Crippen molar-refractivity contribution in [2.75, 3.05) is 13.2 Å². The van der Waals surface area contributed by atoms with Gasteiger partial charge in [-0.25, -0.2) is 0 Å². The molecule has 0 unspecified atom stereocenters. The first-order valence-corrected chi connectivity index (χ1v) is 12.7. The molecular formula is C14H26O4Si2. The molecule has 0 radical (unpaired) electrons. The Labute approximate surface area is 124 Å². The van der Waals surface area contributed by atoms with Gasteiger partial charge in [-0.1, -0.05) is 0 Å². The number of benzene rings is 1. The molecule has 1 aromatic rings. The highest BCUT2D eigenvalue weighted by atomic mass is 28.4. The second-order valence-corrected chi connectivity index (χ2v) is 11.9. The average Bonchev–Trinajstić information content (AvgIpc) is 2.30. The lowest BCUT2D eigenvalue weighted by molar-refractivity contribution is 0.261. The first kappa shape index (κ1) is 17.2. The molecule has 0 aromatic heterocycles. The standard InChI is InChI=1S/C14H26O4Si2/c1-7-15-19(3,4)17-13-9-11-14(12-10-13)18-20(5,6)16-8-2/h9-12H,7-8H2,1-6H3. The predicted molar refractivity (Wildman–Crippen MR) is 85.9 cm³/mol. The Morgan fingerprint density at radius 3 is 1.25 bits per heavy atom. The zero-order valence-electron chi connectivity index (χ0n) is 13.4. The predicted octanol–water partition coefficient (Wildman–Crippen LogP) is 3.92. The van der Waals surface area contributed by atoms with Gasteiger partial charge in [0.25, 0.3) is 0 Å². The van der Waals surface area contributed by atoms with Gasteiger partial charge in [0.05, 0.1) is 0 Å². The van der Waals surface area contributed by atoms with Crippen LogP contribution in [-0.4, -0.2) is 30.3 Å². The van der Waals surface area contributed by atoms with Gasteiger partial charge >= 0.3 is 17.1 Å². The minimum atomic E-state index is -2.08. The van der Waals surface area contributed by atoms with E-state index < -0.39 is 17.1 Å². The third-order valence-corrected chi connectivity index (χ3v) is 5.96. The fourth-order valence-electron chi connectivity index (χ4n) is 1.90. The molecule has 114 valence electrons. The largest absolute Gasteiger partial charge is 0.520 e. The minimum absolute atomic E-state index is 0.675. The highest BCUT2D eigenvalue weighted by Crippen LogP contribution is 2.23. The molecule has 0 aliphatic heterocycles. The third kappa shape index (κ3) is 6.08. The maximum Gasteiger partial charge on any atom is 0.392 e. The van der Waals surface area contributed by atoms with E-state index in [0.29, 0.717) is 13.2 Å². The highest BCUT2D eigenvalue weighted by molar-refractivity contribution is 6.65. The molecule has 0 aliphatic carbocycles. The monoisotopic (exact) mass is 314 g/mol. The van der Waals surface area contributed by atoms with Crippen molar-refractivity contribution in [3.63, 3.8) is 0 Å². The van der Waals surface area contributed by atoms with E-state index in [2.05, 4.69) is 0 Å². The Kier molecular flexibility index (Phi) is 6.25. The van der Waals surface area contributed by atoms with E-state index in [1.807, 2.05) is 64.3 Å². The van der Waals surface area contributed by atoms with Crippen molar-refractivity contribution in [1.82, 2.24) is 0 Å². The zero-order valence-corrected chi connectivity index (χ0v) is 15.4. The molecule has 0 saturated carbocycles. The van der Waals surface area contributed by atoms with Crippen LogP contribution in [0.3, 0.4) is 0 Å². The van der Waals surface area contributed by atoms with Crippen molar-refractivity contribution in [2.24, 2.45) is 0 Å². The maximum atomic E-state index is 5.92. The van der Waals surface area contributed by atoms with Gasteiger partial charge in [-0.3, -0.25) is 0 Å². The normalized spacial score (nSPS) is 12.3. The van der Waals surface area contributed by atoms with Crippen LogP contribution in [0.25, 0.3) is 0 Å². The van der Waals surface area contributed by atoms with Crippen molar-refractivity contribution in [2.45, 2.75) is 40.0 Å². The van der Waals surface area contributed by atoms with Crippen LogP contribution >= 0.6 is 0 Å². The van der Waals surface area contributed by atoms with Gasteiger partial charge < -0.3 is 17.7 Å². The molecule has 1 rings (SSSR count). The summed E-state index contributed by atoms with van der Waals surface area (Å²) in [5.41, 5.74) is 0. The molecular weight excluding hydrogens is 288 g/mol. The quantitative estimate of drug-likeness (QED) is 0.682. The van der Waals surface area contributed by atoms with Crippen LogP contribution in [-0.2, 0) is 8.85 Å². The van der Waals surface area contributed by atoms with Crippen LogP contribution in [0, 0.1) is 0 Å². The second kappa shape index (κ2) is 7.26. The van der Waals surface area contributed by atoms with E-state index in [1.54, 1.807) is 0 Å². The topological polar surface area (TPSA) is 36.9 Å². The SMILES string of the molecule is CCO[Si](C)(C)Oc1ccc(O[Si](C)(C)OCC)cc1. The van der Waals surface area contributed by atoms with Crippen LogP contribution in [0.4, 0.5) is 0 Å². The molecule has 0 heterocycles. The molecule has 0 spiro atoms. The van der Waals surface area contributed by atoms with Crippen LogP contribution in [0.5, 0.6) is 11.5 Å². The van der Waals surface area contributed by atoms with Gasteiger partial charge in [0.2, 0.25) is 0 Å². The van der Waals surface area contributed by atoms with Crippen molar-refractivity contribution in [3.05, 3.63) is 24.3 Å². The van der Waals surface area contributed by atoms with Gasteiger partial charge in [-0.05, 0) is 64.3 Å². The minimum Gasteiger partial charge on any atom is -0.520 e. The van der Waals surface area contributed by atoms with Gasteiger partial charge in [-0.2, -0.15) is 0 Å². The van der Waals surface area contributed by atoms with Crippen LogP contribution in [0.15, 0.2) is 24.3 Å². The fourth-order valence-corrected chi connectivity index (χ4v) is 4.81. The molecule has 0 aliphatic rings. The molecule has 6 heteroatoms. The summed E-state index contributed by atoms with van der Waals surface area (Å²) in [6.45, 7) is 13.4. The Balaban J connectivity index is 2.65. The van der Waals surface area contributed by atoms with Crippen molar-refractivity contribution < 1.29 is 17.7 Å². The number of hydrogen-bond donors (Lipinski definition) is 0. The summed E-state index contributed by atoms with van der Waals surface area (Å²) < 4.78 is 23.1. The number of hydrogen-bond acceptors (Lipinski definition) is 4. The van der Waals surface area contributed by atoms with Gasteiger partial charge in [0, 0.05) is 13.2 Å². The van der Waals surface area contributed by atoms with E-state index in [0.717, 1.165) is 11.5 Å². The fraction of sp³-hybridized carbons (Fsp3) is 0.571. The van der Waals surface area contributed by atoms with E-state index in [1.165, 1.54) is 0 Å². The van der Waals surface area contributed by atoms with Crippen molar-refractivity contribution in [1.29, 1.82) is 0 Å². The lowest BCUT2D eigenvalue weighted by atomic mass is 10.3. The summed E-state index contributed by atoms with van der Waals surface area (Å²) >= 11 is 0. The van der Waals surface area contributed by atoms with Gasteiger partial charge in [0.15, 0.2) is 0 Å². The van der Waals surface area contributed by atoms with E-state index in [-0.39, 0.29) is 0 Å². The highest BCUT2D eigenvalue weighted by Gasteiger charge is 2.27. The molecule has 0 saturated heterocycles. The lowest BCUT2D eigenvalue weighted by Gasteiger charge is -2.25. The summed E-state index contributed by atoms with van der Waals surface area (Å²) in [7, 11) is -4.16. The molecule has 20 heavy (non-hydrogen) atoms. The smallest absolute Gasteiger partial charge is 0.392 e. The Morgan fingerprint density at radius 2 is 1.00 bits per heavy atom. The zero-order chi connectivity index (χ0) is 15.2. The van der Waals surface area contributed by atoms with E-state index in [9.17, 15) is 0 Å². The van der Waals surface area contributed by atoms with E-state index in [4.69, 9.17) is 17.7 Å². The Bertz CT molecular complexity index is 365. The van der Waals surface area contributed by atoms with Crippen LogP contribution in [0.1, 0.15) is 13.8 Å². The summed E-state index contributed by atoms with van der Waals surface area (Å²) in [6.07, 6.45) is 0. The molecule has 4 nitrogen and oxygen atoms in total. The van der Waals surface area contributed by atoms with Crippen LogP contribution in [0.2, 0.25) is 26.2 Å². The molecule has 0 fully saturated rings. The molecule has 0 bridgehead atoms. The summed E-state index contributed by atoms with van der Waals surface area (Å²) in [4.78, 5) is 0. The molecule has 0 N–H and O–H groups in total. The van der Waals surface area contributed by atoms with Gasteiger partial charge in [-0.15, -0.1) is 0 Å². The molecule has 0 atom stereocenters. The van der Waals surface area contributed by atoms with Crippen molar-refractivity contribution in [3.8, 4) is 11.5 Å². The van der Waals surface area contributed by atoms with Gasteiger partial charge in [0.1, 0.15) is 11.5 Å². The number of rotatable bonds is 8. The summed E-state index contributed by atoms with van der Waals surface area (Å²) in [5.74, 6) is 1.64. The molecule has 1 aromatic carbocycles. The Morgan fingerprint density at radius 1 is 0.700 bits per heavy atom. The molecule has 0 amide bonds.